The molecule has 0 atom stereocenters. The molecule has 0 aromatic carbocycles. The predicted octanol–water partition coefficient (Wildman–Crippen LogP) is 2.23. The summed E-state index contributed by atoms with van der Waals surface area (Å²) in [4.78, 5) is 0. The van der Waals surface area contributed by atoms with Gasteiger partial charge in [-0.25, -0.2) is 0 Å². The summed E-state index contributed by atoms with van der Waals surface area (Å²) in [5.41, 5.74) is 1.36. The summed E-state index contributed by atoms with van der Waals surface area (Å²) < 4.78 is 2.06. The Morgan fingerprint density at radius 3 is 2.93 bits per heavy atom. The van der Waals surface area contributed by atoms with Crippen molar-refractivity contribution < 1.29 is 0 Å². The summed E-state index contributed by atoms with van der Waals surface area (Å²) in [6.07, 6.45) is 8.98. The Balaban J connectivity index is 2.20. The minimum Gasteiger partial charge on any atom is -0.317 e. The molecule has 1 aromatic rings. The van der Waals surface area contributed by atoms with Crippen LogP contribution in [0.25, 0.3) is 0 Å². The second-order valence-corrected chi connectivity index (χ2v) is 3.92. The third-order valence-corrected chi connectivity index (χ3v) is 2.50. The topological polar surface area (TPSA) is 29.9 Å². The number of aryl methyl sites for hydroxylation is 2. The van der Waals surface area contributed by atoms with Gasteiger partial charge in [0.2, 0.25) is 0 Å². The van der Waals surface area contributed by atoms with Crippen molar-refractivity contribution in [1.29, 1.82) is 0 Å². The maximum absolute atomic E-state index is 4.35. The van der Waals surface area contributed by atoms with Crippen molar-refractivity contribution in [2.24, 2.45) is 0 Å². The molecule has 0 aliphatic carbocycles. The van der Waals surface area contributed by atoms with Crippen molar-refractivity contribution in [3.05, 3.63) is 18.0 Å². The number of unbranched alkanes of at least 4 members (excludes halogenated alkanes) is 1. The Hall–Kier alpha value is -0.830. The van der Waals surface area contributed by atoms with Gasteiger partial charge in [-0.3, -0.25) is 4.68 Å². The van der Waals surface area contributed by atoms with E-state index < -0.39 is 0 Å². The Kier molecular flexibility index (Phi) is 6.09. The van der Waals surface area contributed by atoms with Gasteiger partial charge < -0.3 is 5.32 Å². The molecule has 0 unspecified atom stereocenters. The first kappa shape index (κ1) is 12.2. The van der Waals surface area contributed by atoms with Gasteiger partial charge >= 0.3 is 0 Å². The highest BCUT2D eigenvalue weighted by atomic mass is 15.3. The fraction of sp³-hybridized carbons (Fsp3) is 0.750. The summed E-state index contributed by atoms with van der Waals surface area (Å²) in [5, 5.41) is 7.68. The molecule has 86 valence electrons. The molecule has 3 heteroatoms. The number of hydrogen-bond donors (Lipinski definition) is 1. The number of rotatable bonds is 8. The summed E-state index contributed by atoms with van der Waals surface area (Å²) in [6, 6.07) is 0. The summed E-state index contributed by atoms with van der Waals surface area (Å²) in [5.74, 6) is 0. The smallest absolute Gasteiger partial charge is 0.0521 e. The molecule has 0 amide bonds. The van der Waals surface area contributed by atoms with Crippen molar-refractivity contribution in [2.75, 3.05) is 13.1 Å². The maximum atomic E-state index is 4.35. The number of nitrogens with zero attached hydrogens (tertiary/aromatic N) is 2. The fourth-order valence-corrected chi connectivity index (χ4v) is 1.57. The average Bonchev–Trinajstić information content (AvgIpc) is 2.69. The van der Waals surface area contributed by atoms with Crippen LogP contribution >= 0.6 is 0 Å². The molecule has 0 bridgehead atoms. The van der Waals surface area contributed by atoms with Crippen LogP contribution in [0.5, 0.6) is 0 Å². The molecule has 3 nitrogen and oxygen atoms in total. The summed E-state index contributed by atoms with van der Waals surface area (Å²) in [6.45, 7) is 7.58. The largest absolute Gasteiger partial charge is 0.317 e. The van der Waals surface area contributed by atoms with Crippen molar-refractivity contribution in [3.8, 4) is 0 Å². The highest BCUT2D eigenvalue weighted by Gasteiger charge is 1.97. The molecule has 1 heterocycles. The van der Waals surface area contributed by atoms with Gasteiger partial charge in [0, 0.05) is 12.7 Å². The van der Waals surface area contributed by atoms with Crippen molar-refractivity contribution in [2.45, 2.75) is 46.1 Å². The minimum absolute atomic E-state index is 1.06. The molecular weight excluding hydrogens is 186 g/mol. The average molecular weight is 209 g/mol. The van der Waals surface area contributed by atoms with Crippen LogP contribution in [-0.2, 0) is 13.0 Å². The van der Waals surface area contributed by atoms with Crippen LogP contribution in [0.2, 0.25) is 0 Å². The molecule has 0 radical (unpaired) electrons. The van der Waals surface area contributed by atoms with Crippen molar-refractivity contribution in [3.63, 3.8) is 0 Å². The lowest BCUT2D eigenvalue weighted by Gasteiger charge is -1.99. The number of hydrogen-bond acceptors (Lipinski definition) is 2. The lowest BCUT2D eigenvalue weighted by molar-refractivity contribution is 0.571. The highest BCUT2D eigenvalue weighted by Crippen LogP contribution is 2.02. The molecule has 1 N–H and O–H groups in total. The van der Waals surface area contributed by atoms with Crippen LogP contribution in [-0.4, -0.2) is 22.9 Å². The van der Waals surface area contributed by atoms with Crippen LogP contribution in [0.1, 0.15) is 38.7 Å². The van der Waals surface area contributed by atoms with Crippen LogP contribution in [0.15, 0.2) is 12.4 Å². The predicted molar refractivity (Wildman–Crippen MR) is 64.0 cm³/mol. The van der Waals surface area contributed by atoms with Gasteiger partial charge in [-0.05, 0) is 37.9 Å². The molecule has 0 aliphatic rings. The van der Waals surface area contributed by atoms with Gasteiger partial charge in [0.1, 0.15) is 0 Å². The number of aromatic nitrogens is 2. The zero-order valence-electron chi connectivity index (χ0n) is 10.00. The van der Waals surface area contributed by atoms with Gasteiger partial charge in [0.25, 0.3) is 0 Å². The molecular formula is C12H23N3. The second kappa shape index (κ2) is 7.46. The van der Waals surface area contributed by atoms with E-state index in [9.17, 15) is 0 Å². The molecule has 0 saturated heterocycles. The van der Waals surface area contributed by atoms with E-state index in [1.54, 1.807) is 0 Å². The lowest BCUT2D eigenvalue weighted by atomic mass is 10.2. The van der Waals surface area contributed by atoms with Crippen LogP contribution < -0.4 is 5.32 Å². The normalized spacial score (nSPS) is 10.8. The monoisotopic (exact) mass is 209 g/mol. The first-order valence-corrected chi connectivity index (χ1v) is 6.08. The summed E-state index contributed by atoms with van der Waals surface area (Å²) >= 11 is 0. The van der Waals surface area contributed by atoms with Gasteiger partial charge in [-0.1, -0.05) is 20.3 Å². The lowest BCUT2D eigenvalue weighted by Crippen LogP contribution is -2.14. The van der Waals surface area contributed by atoms with E-state index in [1.807, 2.05) is 6.20 Å². The quantitative estimate of drug-likeness (QED) is 0.665. The Morgan fingerprint density at radius 1 is 1.33 bits per heavy atom. The van der Waals surface area contributed by atoms with E-state index in [4.69, 9.17) is 0 Å². The Labute approximate surface area is 92.9 Å². The van der Waals surface area contributed by atoms with E-state index in [1.165, 1.54) is 24.8 Å². The molecule has 1 rings (SSSR count). The van der Waals surface area contributed by atoms with Gasteiger partial charge in [-0.2, -0.15) is 5.10 Å². The molecule has 0 aliphatic heterocycles. The molecule has 15 heavy (non-hydrogen) atoms. The SMILES string of the molecule is CCCCn1cc(CCCNCC)cn1. The van der Waals surface area contributed by atoms with Gasteiger partial charge in [0.05, 0.1) is 6.20 Å². The van der Waals surface area contributed by atoms with Crippen LogP contribution in [0.3, 0.4) is 0 Å². The first-order chi connectivity index (χ1) is 7.36. The maximum Gasteiger partial charge on any atom is 0.0521 e. The zero-order chi connectivity index (χ0) is 10.9. The van der Waals surface area contributed by atoms with E-state index in [0.29, 0.717) is 0 Å². The second-order valence-electron chi connectivity index (χ2n) is 3.92. The van der Waals surface area contributed by atoms with Crippen LogP contribution in [0, 0.1) is 0 Å². The minimum atomic E-state index is 1.06. The Morgan fingerprint density at radius 2 is 2.20 bits per heavy atom. The first-order valence-electron chi connectivity index (χ1n) is 6.08. The molecule has 0 fully saturated rings. The van der Waals surface area contributed by atoms with E-state index in [2.05, 4.69) is 35.1 Å². The van der Waals surface area contributed by atoms with Crippen LogP contribution in [0.4, 0.5) is 0 Å². The third-order valence-electron chi connectivity index (χ3n) is 2.50. The van der Waals surface area contributed by atoms with Crippen molar-refractivity contribution in [1.82, 2.24) is 15.1 Å². The molecule has 1 aromatic heterocycles. The number of nitrogens with one attached hydrogen (secondary N) is 1. The zero-order valence-corrected chi connectivity index (χ0v) is 10.00. The van der Waals surface area contributed by atoms with E-state index >= 15 is 0 Å². The van der Waals surface area contributed by atoms with Crippen molar-refractivity contribution >= 4 is 0 Å². The third kappa shape index (κ3) is 4.98. The van der Waals surface area contributed by atoms with Gasteiger partial charge in [-0.15, -0.1) is 0 Å². The van der Waals surface area contributed by atoms with E-state index in [0.717, 1.165) is 26.1 Å². The highest BCUT2D eigenvalue weighted by molar-refractivity contribution is 5.03. The molecule has 0 spiro atoms. The van der Waals surface area contributed by atoms with Gasteiger partial charge in [0.15, 0.2) is 0 Å². The fourth-order valence-electron chi connectivity index (χ4n) is 1.57. The molecule has 0 saturated carbocycles. The summed E-state index contributed by atoms with van der Waals surface area (Å²) in [7, 11) is 0. The Bertz CT molecular complexity index is 255. The standard InChI is InChI=1S/C12H23N3/c1-3-5-9-15-11-12(10-14-15)7-6-8-13-4-2/h10-11,13H,3-9H2,1-2H3. The van der Waals surface area contributed by atoms with E-state index in [-0.39, 0.29) is 0 Å².